The van der Waals surface area contributed by atoms with Gasteiger partial charge in [0.2, 0.25) is 0 Å². The molecule has 0 bridgehead atoms. The van der Waals surface area contributed by atoms with Crippen molar-refractivity contribution in [3.8, 4) is 11.5 Å². The van der Waals surface area contributed by atoms with Crippen molar-refractivity contribution >= 4 is 29.3 Å². The predicted octanol–water partition coefficient (Wildman–Crippen LogP) is 4.39. The summed E-state index contributed by atoms with van der Waals surface area (Å²) in [6.45, 7) is 5.56. The minimum absolute atomic E-state index is 0.226. The molecule has 0 aromatic heterocycles. The van der Waals surface area contributed by atoms with E-state index in [1.807, 2.05) is 36.4 Å². The zero-order valence-corrected chi connectivity index (χ0v) is 17.6. The number of amides is 1. The van der Waals surface area contributed by atoms with Gasteiger partial charge in [-0.2, -0.15) is 0 Å². The van der Waals surface area contributed by atoms with E-state index in [9.17, 15) is 4.79 Å². The third-order valence-electron chi connectivity index (χ3n) is 4.78. The Hall–Kier alpha value is -2.86. The first-order valence-electron chi connectivity index (χ1n) is 9.85. The number of thiocarbonyl (C=S) groups is 1. The van der Waals surface area contributed by atoms with Gasteiger partial charge in [-0.05, 0) is 66.0 Å². The molecule has 0 unspecified atom stereocenters. The van der Waals surface area contributed by atoms with Gasteiger partial charge in [0.25, 0.3) is 5.91 Å². The Kier molecular flexibility index (Phi) is 7.25. The van der Waals surface area contributed by atoms with Crippen molar-refractivity contribution in [3.05, 3.63) is 65.4 Å². The molecular formula is C23H26N2O3S. The highest BCUT2D eigenvalue weighted by Gasteiger charge is 2.19. The van der Waals surface area contributed by atoms with E-state index < -0.39 is 0 Å². The standard InChI is InChI=1S/C23H26N2O3S/c1-3-16(2)18-8-10-19(11-9-18)27-12-5-13-28-20-7-4-6-17(14-20)15-21-22(26)25-23(29)24-21/h4,6-11,14-16H,3,5,12-13H2,1-2H3,(H2,24,25,26,29)/b21-15-/t16-/m1/s1. The van der Waals surface area contributed by atoms with Crippen molar-refractivity contribution in [1.82, 2.24) is 10.6 Å². The second-order valence-corrected chi connectivity index (χ2v) is 7.38. The molecule has 0 aliphatic carbocycles. The lowest BCUT2D eigenvalue weighted by molar-refractivity contribution is -0.115. The third-order valence-corrected chi connectivity index (χ3v) is 4.98. The molecule has 2 aromatic rings. The van der Waals surface area contributed by atoms with Crippen LogP contribution < -0.4 is 20.1 Å². The monoisotopic (exact) mass is 410 g/mol. The zero-order valence-electron chi connectivity index (χ0n) is 16.7. The van der Waals surface area contributed by atoms with E-state index in [4.69, 9.17) is 21.7 Å². The van der Waals surface area contributed by atoms with Crippen molar-refractivity contribution in [1.29, 1.82) is 0 Å². The Labute approximate surface area is 177 Å². The van der Waals surface area contributed by atoms with Crippen LogP contribution in [-0.2, 0) is 4.79 Å². The van der Waals surface area contributed by atoms with E-state index in [0.717, 1.165) is 29.9 Å². The fourth-order valence-electron chi connectivity index (χ4n) is 2.91. The van der Waals surface area contributed by atoms with Crippen LogP contribution in [0.3, 0.4) is 0 Å². The second kappa shape index (κ2) is 10.1. The molecule has 2 aromatic carbocycles. The topological polar surface area (TPSA) is 59.6 Å². The minimum Gasteiger partial charge on any atom is -0.493 e. The number of carbonyl (C=O) groups is 1. The van der Waals surface area contributed by atoms with Crippen LogP contribution in [0.4, 0.5) is 0 Å². The van der Waals surface area contributed by atoms with Crippen LogP contribution in [-0.4, -0.2) is 24.2 Å². The average molecular weight is 411 g/mol. The average Bonchev–Trinajstić information content (AvgIpc) is 3.04. The molecule has 1 heterocycles. The Bertz CT molecular complexity index is 893. The van der Waals surface area contributed by atoms with Gasteiger partial charge in [-0.15, -0.1) is 0 Å². The summed E-state index contributed by atoms with van der Waals surface area (Å²) < 4.78 is 11.6. The number of nitrogens with one attached hydrogen (secondary N) is 2. The van der Waals surface area contributed by atoms with E-state index in [1.54, 1.807) is 6.08 Å². The zero-order chi connectivity index (χ0) is 20.6. The Morgan fingerprint density at radius 3 is 2.41 bits per heavy atom. The van der Waals surface area contributed by atoms with Crippen molar-refractivity contribution in [2.75, 3.05) is 13.2 Å². The van der Waals surface area contributed by atoms with Gasteiger partial charge in [-0.3, -0.25) is 10.1 Å². The molecule has 0 spiro atoms. The van der Waals surface area contributed by atoms with E-state index in [1.165, 1.54) is 5.56 Å². The van der Waals surface area contributed by atoms with Gasteiger partial charge in [0.05, 0.1) is 13.2 Å². The molecule has 1 fully saturated rings. The van der Waals surface area contributed by atoms with Crippen LogP contribution in [0.25, 0.3) is 6.08 Å². The predicted molar refractivity (Wildman–Crippen MR) is 119 cm³/mol. The van der Waals surface area contributed by atoms with Gasteiger partial charge >= 0.3 is 0 Å². The van der Waals surface area contributed by atoms with E-state index in [-0.39, 0.29) is 5.91 Å². The van der Waals surface area contributed by atoms with Crippen LogP contribution in [0.15, 0.2) is 54.2 Å². The van der Waals surface area contributed by atoms with E-state index >= 15 is 0 Å². The highest BCUT2D eigenvalue weighted by atomic mass is 32.1. The smallest absolute Gasteiger partial charge is 0.273 e. The Morgan fingerprint density at radius 1 is 1.03 bits per heavy atom. The van der Waals surface area contributed by atoms with Crippen LogP contribution in [0.2, 0.25) is 0 Å². The van der Waals surface area contributed by atoms with E-state index in [2.05, 4.69) is 36.6 Å². The molecule has 5 nitrogen and oxygen atoms in total. The van der Waals surface area contributed by atoms with Crippen molar-refractivity contribution < 1.29 is 14.3 Å². The number of carbonyl (C=O) groups excluding carboxylic acids is 1. The number of rotatable bonds is 9. The van der Waals surface area contributed by atoms with Crippen LogP contribution >= 0.6 is 12.2 Å². The fourth-order valence-corrected chi connectivity index (χ4v) is 3.11. The van der Waals surface area contributed by atoms with Crippen LogP contribution in [0.1, 0.15) is 43.7 Å². The maximum atomic E-state index is 11.7. The van der Waals surface area contributed by atoms with Gasteiger partial charge in [0.15, 0.2) is 5.11 Å². The summed E-state index contributed by atoms with van der Waals surface area (Å²) in [7, 11) is 0. The van der Waals surface area contributed by atoms with Gasteiger partial charge in [0, 0.05) is 6.42 Å². The first-order chi connectivity index (χ1) is 14.0. The number of benzene rings is 2. The minimum atomic E-state index is -0.226. The van der Waals surface area contributed by atoms with Crippen LogP contribution in [0, 0.1) is 0 Å². The molecular weight excluding hydrogens is 384 g/mol. The maximum absolute atomic E-state index is 11.7. The Balaban J connectivity index is 1.43. The van der Waals surface area contributed by atoms with Crippen molar-refractivity contribution in [2.24, 2.45) is 0 Å². The van der Waals surface area contributed by atoms with Gasteiger partial charge in [-0.1, -0.05) is 38.1 Å². The first-order valence-corrected chi connectivity index (χ1v) is 10.3. The number of ether oxygens (including phenoxy) is 2. The number of hydrogen-bond donors (Lipinski definition) is 2. The lowest BCUT2D eigenvalue weighted by atomic mass is 9.99. The highest BCUT2D eigenvalue weighted by molar-refractivity contribution is 7.80. The summed E-state index contributed by atoms with van der Waals surface area (Å²) in [6, 6.07) is 15.9. The molecule has 0 saturated carbocycles. The van der Waals surface area contributed by atoms with Crippen molar-refractivity contribution in [2.45, 2.75) is 32.6 Å². The SMILES string of the molecule is CC[C@@H](C)c1ccc(OCCCOc2cccc(/C=C3\NC(=S)NC3=O)c2)cc1. The molecule has 3 rings (SSSR count). The third kappa shape index (κ3) is 6.06. The lowest BCUT2D eigenvalue weighted by Crippen LogP contribution is -2.21. The molecule has 1 aliphatic heterocycles. The summed E-state index contributed by atoms with van der Waals surface area (Å²) in [5, 5.41) is 5.70. The normalized spacial score (nSPS) is 15.7. The maximum Gasteiger partial charge on any atom is 0.273 e. The Morgan fingerprint density at radius 2 is 1.76 bits per heavy atom. The fraction of sp³-hybridized carbons (Fsp3) is 0.304. The lowest BCUT2D eigenvalue weighted by Gasteiger charge is -2.11. The van der Waals surface area contributed by atoms with Gasteiger partial charge in [0.1, 0.15) is 17.2 Å². The quantitative estimate of drug-likeness (QED) is 0.365. The summed E-state index contributed by atoms with van der Waals surface area (Å²) in [5.41, 5.74) is 2.63. The van der Waals surface area contributed by atoms with Crippen molar-refractivity contribution in [3.63, 3.8) is 0 Å². The molecule has 6 heteroatoms. The first kappa shape index (κ1) is 20.9. The molecule has 2 N–H and O–H groups in total. The van der Waals surface area contributed by atoms with Crippen LogP contribution in [0.5, 0.6) is 11.5 Å². The molecule has 1 aliphatic rings. The summed E-state index contributed by atoms with van der Waals surface area (Å²) >= 11 is 4.94. The molecule has 1 saturated heterocycles. The summed E-state index contributed by atoms with van der Waals surface area (Å²) in [5.74, 6) is 1.97. The number of hydrogen-bond acceptors (Lipinski definition) is 4. The van der Waals surface area contributed by atoms with E-state index in [0.29, 0.717) is 29.9 Å². The van der Waals surface area contributed by atoms with Gasteiger partial charge < -0.3 is 14.8 Å². The second-order valence-electron chi connectivity index (χ2n) is 6.97. The molecule has 152 valence electrons. The molecule has 1 amide bonds. The summed E-state index contributed by atoms with van der Waals surface area (Å²) in [6.07, 6.45) is 3.65. The van der Waals surface area contributed by atoms with Gasteiger partial charge in [-0.25, -0.2) is 0 Å². The largest absolute Gasteiger partial charge is 0.493 e. The highest BCUT2D eigenvalue weighted by Crippen LogP contribution is 2.21. The summed E-state index contributed by atoms with van der Waals surface area (Å²) in [4.78, 5) is 11.7. The molecule has 1 atom stereocenters. The molecule has 0 radical (unpaired) electrons. The molecule has 29 heavy (non-hydrogen) atoms.